The van der Waals surface area contributed by atoms with Crippen LogP contribution in [0.15, 0.2) is 12.5 Å². The largest absolute Gasteiger partial charge is 0.384 e. The summed E-state index contributed by atoms with van der Waals surface area (Å²) in [4.78, 5) is 4.01. The Morgan fingerprint density at radius 3 is 3.17 bits per heavy atom. The molecule has 0 amide bonds. The number of imidazole rings is 1. The first-order valence-electron chi connectivity index (χ1n) is 4.36. The molecular weight excluding hydrogens is 152 g/mol. The van der Waals surface area contributed by atoms with E-state index in [0.717, 1.165) is 18.9 Å². The van der Waals surface area contributed by atoms with Gasteiger partial charge < -0.3 is 15.6 Å². The summed E-state index contributed by atoms with van der Waals surface area (Å²) in [6.07, 6.45) is 5.94. The van der Waals surface area contributed by atoms with E-state index in [0.29, 0.717) is 6.04 Å². The lowest BCUT2D eigenvalue weighted by atomic mass is 10.1. The molecule has 1 aromatic heterocycles. The number of aromatic nitrogens is 2. The van der Waals surface area contributed by atoms with Crippen LogP contribution in [0.1, 0.15) is 18.9 Å². The van der Waals surface area contributed by atoms with Crippen LogP contribution in [0, 0.1) is 0 Å². The Morgan fingerprint density at radius 2 is 2.58 bits per heavy atom. The fourth-order valence-corrected chi connectivity index (χ4v) is 1.69. The Kier molecular flexibility index (Phi) is 1.99. The highest BCUT2D eigenvalue weighted by molar-refractivity contribution is 5.25. The second-order valence-corrected chi connectivity index (χ2v) is 3.23. The topological polar surface area (TPSA) is 55.9 Å². The SMILES string of the molecule is Nc1cncn1C1CCCNC1. The minimum atomic E-state index is 0.501. The third-order valence-corrected chi connectivity index (χ3v) is 2.36. The summed E-state index contributed by atoms with van der Waals surface area (Å²) in [6.45, 7) is 2.14. The number of anilines is 1. The molecule has 1 saturated heterocycles. The van der Waals surface area contributed by atoms with Crippen molar-refractivity contribution < 1.29 is 0 Å². The predicted molar refractivity (Wildman–Crippen MR) is 47.8 cm³/mol. The molecule has 1 aliphatic heterocycles. The molecule has 1 fully saturated rings. The van der Waals surface area contributed by atoms with E-state index in [4.69, 9.17) is 5.73 Å². The molecule has 0 aromatic carbocycles. The first kappa shape index (κ1) is 7.61. The van der Waals surface area contributed by atoms with Gasteiger partial charge in [0.05, 0.1) is 12.5 Å². The molecule has 12 heavy (non-hydrogen) atoms. The van der Waals surface area contributed by atoms with E-state index in [-0.39, 0.29) is 0 Å². The maximum Gasteiger partial charge on any atom is 0.123 e. The zero-order valence-electron chi connectivity index (χ0n) is 7.03. The molecule has 2 rings (SSSR count). The van der Waals surface area contributed by atoms with E-state index < -0.39 is 0 Å². The van der Waals surface area contributed by atoms with E-state index >= 15 is 0 Å². The summed E-state index contributed by atoms with van der Waals surface area (Å²) in [7, 11) is 0. The molecule has 2 heterocycles. The van der Waals surface area contributed by atoms with Gasteiger partial charge in [0.15, 0.2) is 0 Å². The van der Waals surface area contributed by atoms with Gasteiger partial charge in [0.2, 0.25) is 0 Å². The summed E-state index contributed by atoms with van der Waals surface area (Å²) in [5, 5.41) is 3.35. The second kappa shape index (κ2) is 3.15. The molecule has 1 unspecified atom stereocenters. The zero-order chi connectivity index (χ0) is 8.39. The van der Waals surface area contributed by atoms with Gasteiger partial charge in [-0.15, -0.1) is 0 Å². The number of nitrogen functional groups attached to an aromatic ring is 1. The van der Waals surface area contributed by atoms with Crippen LogP contribution in [0.2, 0.25) is 0 Å². The van der Waals surface area contributed by atoms with Gasteiger partial charge in [-0.2, -0.15) is 0 Å². The molecule has 0 bridgehead atoms. The molecule has 0 radical (unpaired) electrons. The van der Waals surface area contributed by atoms with Gasteiger partial charge in [0.1, 0.15) is 5.82 Å². The van der Waals surface area contributed by atoms with E-state index in [1.165, 1.54) is 12.8 Å². The summed E-state index contributed by atoms with van der Waals surface area (Å²) in [5.41, 5.74) is 5.74. The van der Waals surface area contributed by atoms with Crippen LogP contribution in [-0.2, 0) is 0 Å². The smallest absolute Gasteiger partial charge is 0.123 e. The zero-order valence-corrected chi connectivity index (χ0v) is 7.03. The molecule has 0 spiro atoms. The molecule has 3 N–H and O–H groups in total. The Bertz CT molecular complexity index is 249. The minimum Gasteiger partial charge on any atom is -0.384 e. The molecule has 66 valence electrons. The average Bonchev–Trinajstić information content (AvgIpc) is 2.53. The first-order valence-corrected chi connectivity index (χ1v) is 4.36. The van der Waals surface area contributed by atoms with Crippen molar-refractivity contribution in [3.63, 3.8) is 0 Å². The van der Waals surface area contributed by atoms with Crippen LogP contribution < -0.4 is 11.1 Å². The summed E-state index contributed by atoms with van der Waals surface area (Å²) in [6, 6.07) is 0.501. The van der Waals surface area contributed by atoms with Crippen molar-refractivity contribution in [3.05, 3.63) is 12.5 Å². The normalized spacial score (nSPS) is 24.2. The van der Waals surface area contributed by atoms with Crippen molar-refractivity contribution in [2.24, 2.45) is 0 Å². The second-order valence-electron chi connectivity index (χ2n) is 3.23. The number of nitrogens with two attached hydrogens (primary N) is 1. The molecule has 1 atom stereocenters. The minimum absolute atomic E-state index is 0.501. The molecule has 1 aromatic rings. The number of rotatable bonds is 1. The molecule has 1 aliphatic rings. The standard InChI is InChI=1S/C8H14N4/c9-8-5-11-6-12(8)7-2-1-3-10-4-7/h5-7,10H,1-4,9H2. The van der Waals surface area contributed by atoms with E-state index in [1.807, 2.05) is 10.9 Å². The number of piperidine rings is 1. The number of hydrogen-bond acceptors (Lipinski definition) is 3. The highest BCUT2D eigenvalue weighted by Crippen LogP contribution is 2.18. The molecule has 0 saturated carbocycles. The number of nitrogens with one attached hydrogen (secondary N) is 1. The van der Waals surface area contributed by atoms with Gasteiger partial charge in [-0.05, 0) is 19.4 Å². The van der Waals surface area contributed by atoms with Gasteiger partial charge in [-0.3, -0.25) is 0 Å². The maximum atomic E-state index is 5.74. The third kappa shape index (κ3) is 1.30. The summed E-state index contributed by atoms with van der Waals surface area (Å²) >= 11 is 0. The van der Waals surface area contributed by atoms with Gasteiger partial charge in [0.25, 0.3) is 0 Å². The van der Waals surface area contributed by atoms with E-state index in [9.17, 15) is 0 Å². The highest BCUT2D eigenvalue weighted by atomic mass is 15.1. The lowest BCUT2D eigenvalue weighted by Crippen LogP contribution is -2.31. The third-order valence-electron chi connectivity index (χ3n) is 2.36. The quantitative estimate of drug-likeness (QED) is 0.634. The monoisotopic (exact) mass is 166 g/mol. The Morgan fingerprint density at radius 1 is 1.67 bits per heavy atom. The fraction of sp³-hybridized carbons (Fsp3) is 0.625. The van der Waals surface area contributed by atoms with Gasteiger partial charge >= 0.3 is 0 Å². The highest BCUT2D eigenvalue weighted by Gasteiger charge is 2.15. The van der Waals surface area contributed by atoms with Crippen molar-refractivity contribution in [1.29, 1.82) is 0 Å². The maximum absolute atomic E-state index is 5.74. The first-order chi connectivity index (χ1) is 5.88. The van der Waals surface area contributed by atoms with E-state index in [1.54, 1.807) is 6.20 Å². The molecule has 4 heteroatoms. The van der Waals surface area contributed by atoms with Crippen molar-refractivity contribution in [2.45, 2.75) is 18.9 Å². The van der Waals surface area contributed by atoms with Crippen molar-refractivity contribution in [3.8, 4) is 0 Å². The van der Waals surface area contributed by atoms with Gasteiger partial charge in [-0.25, -0.2) is 4.98 Å². The molecule has 4 nitrogen and oxygen atoms in total. The van der Waals surface area contributed by atoms with Crippen LogP contribution in [0.3, 0.4) is 0 Å². The van der Waals surface area contributed by atoms with E-state index in [2.05, 4.69) is 10.3 Å². The van der Waals surface area contributed by atoms with Gasteiger partial charge in [-0.1, -0.05) is 0 Å². The molecule has 0 aliphatic carbocycles. The lowest BCUT2D eigenvalue weighted by Gasteiger charge is -2.24. The van der Waals surface area contributed by atoms with Crippen molar-refractivity contribution >= 4 is 5.82 Å². The van der Waals surface area contributed by atoms with Crippen LogP contribution in [-0.4, -0.2) is 22.6 Å². The lowest BCUT2D eigenvalue weighted by molar-refractivity contribution is 0.374. The van der Waals surface area contributed by atoms with Crippen LogP contribution in [0.5, 0.6) is 0 Å². The molecular formula is C8H14N4. The number of hydrogen-bond donors (Lipinski definition) is 2. The van der Waals surface area contributed by atoms with Crippen LogP contribution in [0.4, 0.5) is 5.82 Å². The Balaban J connectivity index is 2.13. The summed E-state index contributed by atoms with van der Waals surface area (Å²) in [5.74, 6) is 0.767. The van der Waals surface area contributed by atoms with Crippen LogP contribution >= 0.6 is 0 Å². The average molecular weight is 166 g/mol. The Hall–Kier alpha value is -1.03. The number of nitrogens with zero attached hydrogens (tertiary/aromatic N) is 2. The van der Waals surface area contributed by atoms with Gasteiger partial charge in [0, 0.05) is 12.6 Å². The van der Waals surface area contributed by atoms with Crippen molar-refractivity contribution in [2.75, 3.05) is 18.8 Å². The van der Waals surface area contributed by atoms with Crippen LogP contribution in [0.25, 0.3) is 0 Å². The summed E-state index contributed by atoms with van der Waals surface area (Å²) < 4.78 is 2.05. The van der Waals surface area contributed by atoms with Crippen molar-refractivity contribution in [1.82, 2.24) is 14.9 Å². The fourth-order valence-electron chi connectivity index (χ4n) is 1.69. The Labute approximate surface area is 71.8 Å². The predicted octanol–water partition coefficient (Wildman–Crippen LogP) is 0.390.